The molecule has 0 saturated carbocycles. The van der Waals surface area contributed by atoms with Crippen LogP contribution in [0, 0.1) is 0 Å². The van der Waals surface area contributed by atoms with Crippen LogP contribution >= 0.6 is 23.2 Å². The normalized spacial score (nSPS) is 12.3. The monoisotopic (exact) mass is 249 g/mol. The van der Waals surface area contributed by atoms with Gasteiger partial charge < -0.3 is 15.2 Å². The molecule has 1 atom stereocenters. The Morgan fingerprint density at radius 1 is 1.53 bits per heavy atom. The van der Waals surface area contributed by atoms with Gasteiger partial charge >= 0.3 is 0 Å². The lowest BCUT2D eigenvalue weighted by atomic mass is 10.3. The van der Waals surface area contributed by atoms with E-state index in [1.54, 1.807) is 19.2 Å². The lowest BCUT2D eigenvalue weighted by molar-refractivity contribution is 0.211. The number of alkyl halides is 1. The van der Waals surface area contributed by atoms with Crippen LogP contribution in [0.15, 0.2) is 18.2 Å². The molecule has 15 heavy (non-hydrogen) atoms. The first kappa shape index (κ1) is 12.4. The Morgan fingerprint density at radius 3 is 2.87 bits per heavy atom. The van der Waals surface area contributed by atoms with Crippen molar-refractivity contribution in [1.82, 2.24) is 0 Å². The van der Waals surface area contributed by atoms with Gasteiger partial charge in [0.1, 0.15) is 5.75 Å². The fourth-order valence-corrected chi connectivity index (χ4v) is 1.36. The number of benzene rings is 1. The molecule has 0 aromatic heterocycles. The fraction of sp³-hybridized carbons (Fsp3) is 0.400. The maximum atomic E-state index is 9.25. The van der Waals surface area contributed by atoms with Gasteiger partial charge in [-0.1, -0.05) is 11.6 Å². The summed E-state index contributed by atoms with van der Waals surface area (Å²) >= 11 is 11.3. The summed E-state index contributed by atoms with van der Waals surface area (Å²) in [6.07, 6.45) is -0.562. The van der Waals surface area contributed by atoms with Gasteiger partial charge in [-0.05, 0) is 12.1 Å². The summed E-state index contributed by atoms with van der Waals surface area (Å²) in [5.74, 6) is 0.805. The molecule has 0 saturated heterocycles. The maximum absolute atomic E-state index is 9.25. The zero-order valence-electron chi connectivity index (χ0n) is 8.34. The molecule has 3 nitrogen and oxygen atoms in total. The van der Waals surface area contributed by atoms with Gasteiger partial charge in [-0.2, -0.15) is 0 Å². The minimum absolute atomic E-state index is 0.206. The van der Waals surface area contributed by atoms with Crippen LogP contribution in [0.1, 0.15) is 0 Å². The molecule has 1 aromatic carbocycles. The molecule has 0 aliphatic heterocycles. The maximum Gasteiger partial charge on any atom is 0.139 e. The fourth-order valence-electron chi connectivity index (χ4n) is 1.06. The van der Waals surface area contributed by atoms with Crippen molar-refractivity contribution < 1.29 is 9.84 Å². The molecule has 0 fully saturated rings. The molecule has 84 valence electrons. The van der Waals surface area contributed by atoms with Crippen LogP contribution in [0.25, 0.3) is 0 Å². The topological polar surface area (TPSA) is 41.5 Å². The summed E-state index contributed by atoms with van der Waals surface area (Å²) in [6.45, 7) is 0.397. The highest BCUT2D eigenvalue weighted by Crippen LogP contribution is 2.27. The Balaban J connectivity index is 2.62. The molecule has 0 aliphatic rings. The molecular weight excluding hydrogens is 237 g/mol. The SMILES string of the molecule is COc1cc(NCC(O)CCl)ccc1Cl. The van der Waals surface area contributed by atoms with Crippen molar-refractivity contribution >= 4 is 28.9 Å². The van der Waals surface area contributed by atoms with Gasteiger partial charge in [0.25, 0.3) is 0 Å². The number of hydrogen-bond donors (Lipinski definition) is 2. The molecule has 0 heterocycles. The highest BCUT2D eigenvalue weighted by Gasteiger charge is 2.04. The van der Waals surface area contributed by atoms with E-state index < -0.39 is 6.10 Å². The second kappa shape index (κ2) is 6.05. The smallest absolute Gasteiger partial charge is 0.139 e. The quantitative estimate of drug-likeness (QED) is 0.788. The number of anilines is 1. The van der Waals surface area contributed by atoms with Crippen LogP contribution in [0.4, 0.5) is 5.69 Å². The third-order valence-corrected chi connectivity index (χ3v) is 2.54. The average Bonchev–Trinajstić information content (AvgIpc) is 2.27. The average molecular weight is 250 g/mol. The van der Waals surface area contributed by atoms with Gasteiger partial charge in [0.15, 0.2) is 0 Å². The standard InChI is InChI=1S/C10H13Cl2NO2/c1-15-10-4-7(2-3-9(10)12)13-6-8(14)5-11/h2-4,8,13-14H,5-6H2,1H3. The molecule has 0 aliphatic carbocycles. The number of nitrogens with one attached hydrogen (secondary N) is 1. The van der Waals surface area contributed by atoms with Gasteiger partial charge in [-0.15, -0.1) is 11.6 Å². The van der Waals surface area contributed by atoms with E-state index in [0.717, 1.165) is 5.69 Å². The summed E-state index contributed by atoms with van der Waals surface area (Å²) in [4.78, 5) is 0. The largest absolute Gasteiger partial charge is 0.495 e. The second-order valence-electron chi connectivity index (χ2n) is 3.04. The van der Waals surface area contributed by atoms with E-state index in [1.807, 2.05) is 6.07 Å². The van der Waals surface area contributed by atoms with Crippen molar-refractivity contribution in [2.75, 3.05) is 24.9 Å². The highest BCUT2D eigenvalue weighted by molar-refractivity contribution is 6.32. The number of halogens is 2. The van der Waals surface area contributed by atoms with Gasteiger partial charge in [0, 0.05) is 18.3 Å². The molecule has 0 radical (unpaired) electrons. The summed E-state index contributed by atoms with van der Waals surface area (Å²) in [7, 11) is 1.55. The number of rotatable bonds is 5. The van der Waals surface area contributed by atoms with Gasteiger partial charge in [0.2, 0.25) is 0 Å². The molecule has 0 spiro atoms. The van der Waals surface area contributed by atoms with Crippen molar-refractivity contribution in [2.45, 2.75) is 6.10 Å². The predicted molar refractivity (Wildman–Crippen MR) is 63.2 cm³/mol. The van der Waals surface area contributed by atoms with Crippen LogP contribution < -0.4 is 10.1 Å². The van der Waals surface area contributed by atoms with E-state index >= 15 is 0 Å². The molecule has 0 bridgehead atoms. The van der Waals surface area contributed by atoms with E-state index in [9.17, 15) is 5.11 Å². The zero-order valence-corrected chi connectivity index (χ0v) is 9.85. The Labute approximate surface area is 99.0 Å². The van der Waals surface area contributed by atoms with Crippen molar-refractivity contribution in [3.05, 3.63) is 23.2 Å². The van der Waals surface area contributed by atoms with Crippen molar-refractivity contribution in [1.29, 1.82) is 0 Å². The summed E-state index contributed by atoms with van der Waals surface area (Å²) in [5.41, 5.74) is 0.834. The van der Waals surface area contributed by atoms with E-state index in [-0.39, 0.29) is 5.88 Å². The first-order chi connectivity index (χ1) is 7.17. The van der Waals surface area contributed by atoms with Gasteiger partial charge in [-0.3, -0.25) is 0 Å². The van der Waals surface area contributed by atoms with Crippen molar-refractivity contribution in [2.24, 2.45) is 0 Å². The number of aliphatic hydroxyl groups excluding tert-OH is 1. The third kappa shape index (κ3) is 3.78. The number of ether oxygens (including phenoxy) is 1. The first-order valence-electron chi connectivity index (χ1n) is 4.48. The van der Waals surface area contributed by atoms with Crippen LogP contribution in [-0.2, 0) is 0 Å². The van der Waals surface area contributed by atoms with E-state index in [1.165, 1.54) is 0 Å². The second-order valence-corrected chi connectivity index (χ2v) is 3.75. The van der Waals surface area contributed by atoms with Gasteiger partial charge in [0.05, 0.1) is 24.1 Å². The Morgan fingerprint density at radius 2 is 2.27 bits per heavy atom. The van der Waals surface area contributed by atoms with Crippen molar-refractivity contribution in [3.8, 4) is 5.75 Å². The Kier molecular flexibility index (Phi) is 5.02. The number of hydrogen-bond acceptors (Lipinski definition) is 3. The third-order valence-electron chi connectivity index (χ3n) is 1.87. The minimum atomic E-state index is -0.562. The minimum Gasteiger partial charge on any atom is -0.495 e. The molecule has 1 unspecified atom stereocenters. The molecule has 1 rings (SSSR count). The van der Waals surface area contributed by atoms with Crippen LogP contribution in [-0.4, -0.2) is 30.7 Å². The first-order valence-corrected chi connectivity index (χ1v) is 5.40. The van der Waals surface area contributed by atoms with Gasteiger partial charge in [-0.25, -0.2) is 0 Å². The van der Waals surface area contributed by atoms with Crippen LogP contribution in [0.3, 0.4) is 0 Å². The van der Waals surface area contributed by atoms with E-state index in [0.29, 0.717) is 17.3 Å². The summed E-state index contributed by atoms with van der Waals surface area (Å²) in [6, 6.07) is 5.31. The molecule has 2 N–H and O–H groups in total. The zero-order chi connectivity index (χ0) is 11.3. The van der Waals surface area contributed by atoms with E-state index in [2.05, 4.69) is 5.32 Å². The predicted octanol–water partition coefficient (Wildman–Crippen LogP) is 2.36. The summed E-state index contributed by atoms with van der Waals surface area (Å²) in [5, 5.41) is 12.8. The Hall–Kier alpha value is -0.640. The molecule has 0 amide bonds. The van der Waals surface area contributed by atoms with Crippen LogP contribution in [0.2, 0.25) is 5.02 Å². The lowest BCUT2D eigenvalue weighted by Gasteiger charge is -2.11. The molecule has 5 heteroatoms. The molecule has 1 aromatic rings. The lowest BCUT2D eigenvalue weighted by Crippen LogP contribution is -2.20. The molecular formula is C10H13Cl2NO2. The van der Waals surface area contributed by atoms with E-state index in [4.69, 9.17) is 27.9 Å². The highest BCUT2D eigenvalue weighted by atomic mass is 35.5. The van der Waals surface area contributed by atoms with Crippen LogP contribution in [0.5, 0.6) is 5.75 Å². The Bertz CT molecular complexity index is 320. The number of aliphatic hydroxyl groups is 1. The summed E-state index contributed by atoms with van der Waals surface area (Å²) < 4.78 is 5.06. The number of methoxy groups -OCH3 is 1. The van der Waals surface area contributed by atoms with Crippen molar-refractivity contribution in [3.63, 3.8) is 0 Å².